The summed E-state index contributed by atoms with van der Waals surface area (Å²) in [5.41, 5.74) is 0. The molecule has 60 valence electrons. The molecule has 6 heteroatoms. The highest BCUT2D eigenvalue weighted by molar-refractivity contribution is 7.70. The average Bonchev–Trinajstić information content (AvgIpc) is 1.88. The van der Waals surface area contributed by atoms with Crippen molar-refractivity contribution in [2.24, 2.45) is 0 Å². The van der Waals surface area contributed by atoms with Gasteiger partial charge in [-0.2, -0.15) is 4.83 Å². The number of hydrazine groups is 1. The molecule has 1 saturated heterocycles. The van der Waals surface area contributed by atoms with Crippen molar-refractivity contribution in [3.63, 3.8) is 0 Å². The van der Waals surface area contributed by atoms with E-state index >= 15 is 0 Å². The number of nitrogens with zero attached hydrogens (tertiary/aromatic N) is 1. The normalized spacial score (nSPS) is 21.7. The molecule has 0 spiro atoms. The fourth-order valence-electron chi connectivity index (χ4n) is 0.880. The van der Waals surface area contributed by atoms with Crippen LogP contribution in [0, 0.1) is 0 Å². The van der Waals surface area contributed by atoms with Crippen LogP contribution >= 0.6 is 0 Å². The fraction of sp³-hybridized carbons (Fsp3) is 1.00. The van der Waals surface area contributed by atoms with Crippen LogP contribution in [-0.4, -0.2) is 39.6 Å². The summed E-state index contributed by atoms with van der Waals surface area (Å²) in [6.07, 6.45) is 0. The number of thiol groups is 1. The molecule has 1 aliphatic rings. The Morgan fingerprint density at radius 1 is 1.30 bits per heavy atom. The maximum Gasteiger partial charge on any atom is 0.214 e. The lowest BCUT2D eigenvalue weighted by Crippen LogP contribution is -2.49. The molecule has 1 heterocycles. The Hall–Kier alpha value is -0.170. The second-order valence-corrected chi connectivity index (χ2v) is 2.81. The molecule has 1 aliphatic heterocycles. The van der Waals surface area contributed by atoms with Gasteiger partial charge in [-0.25, -0.2) is 13.4 Å². The molecule has 2 N–H and O–H groups in total. The molecular weight excluding hydrogens is 154 g/mol. The molecule has 0 amide bonds. The van der Waals surface area contributed by atoms with E-state index in [1.54, 1.807) is 5.01 Å². The highest BCUT2D eigenvalue weighted by Crippen LogP contribution is 1.84. The van der Waals surface area contributed by atoms with Gasteiger partial charge in [0.1, 0.15) is 0 Å². The molecule has 0 saturated carbocycles. The van der Waals surface area contributed by atoms with E-state index in [0.717, 1.165) is 26.2 Å². The van der Waals surface area contributed by atoms with Crippen molar-refractivity contribution in [3.8, 4) is 0 Å². The van der Waals surface area contributed by atoms with Crippen LogP contribution in [0.3, 0.4) is 0 Å². The van der Waals surface area contributed by atoms with Gasteiger partial charge in [0.05, 0.1) is 0 Å². The highest BCUT2D eigenvalue weighted by Gasteiger charge is 2.07. The third kappa shape index (κ3) is 2.61. The second-order valence-electron chi connectivity index (χ2n) is 2.09. The van der Waals surface area contributed by atoms with Gasteiger partial charge in [-0.1, -0.05) is 0 Å². The predicted molar refractivity (Wildman–Crippen MR) is 37.9 cm³/mol. The van der Waals surface area contributed by atoms with Crippen LogP contribution in [0.5, 0.6) is 0 Å². The topological polar surface area (TPSA) is 61.4 Å². The van der Waals surface area contributed by atoms with Crippen LogP contribution in [0.25, 0.3) is 0 Å². The van der Waals surface area contributed by atoms with Crippen molar-refractivity contribution in [2.75, 3.05) is 26.2 Å². The van der Waals surface area contributed by atoms with E-state index in [2.05, 4.69) is 10.1 Å². The molecule has 0 radical (unpaired) electrons. The fourth-order valence-corrected chi connectivity index (χ4v) is 1.31. The van der Waals surface area contributed by atoms with E-state index < -0.39 is 10.9 Å². The minimum Gasteiger partial charge on any atom is -0.314 e. The zero-order chi connectivity index (χ0) is 7.40. The Balaban J connectivity index is 2.26. The smallest absolute Gasteiger partial charge is 0.214 e. The van der Waals surface area contributed by atoms with Crippen LogP contribution in [0.4, 0.5) is 0 Å². The van der Waals surface area contributed by atoms with Gasteiger partial charge in [0.15, 0.2) is 0 Å². The summed E-state index contributed by atoms with van der Waals surface area (Å²) in [7, 11) is -2.48. The second kappa shape index (κ2) is 3.87. The first-order valence-electron chi connectivity index (χ1n) is 3.15. The largest absolute Gasteiger partial charge is 0.314 e. The number of nitrogens with one attached hydrogen (secondary N) is 2. The summed E-state index contributed by atoms with van der Waals surface area (Å²) >= 11 is 0. The molecule has 0 atom stereocenters. The Morgan fingerprint density at radius 3 is 2.40 bits per heavy atom. The summed E-state index contributed by atoms with van der Waals surface area (Å²) in [5.74, 6) is 0. The first-order valence-corrected chi connectivity index (χ1v) is 4.33. The van der Waals surface area contributed by atoms with E-state index in [0.29, 0.717) is 0 Å². The number of piperazine rings is 1. The molecule has 5 nitrogen and oxygen atoms in total. The summed E-state index contributed by atoms with van der Waals surface area (Å²) in [4.78, 5) is 2.33. The van der Waals surface area contributed by atoms with Crippen LogP contribution in [0.1, 0.15) is 0 Å². The number of rotatable bonds is 2. The Kier molecular flexibility index (Phi) is 3.07. The van der Waals surface area contributed by atoms with Crippen LogP contribution in [0.2, 0.25) is 0 Å². The molecule has 0 aromatic heterocycles. The zero-order valence-electron chi connectivity index (χ0n) is 5.54. The van der Waals surface area contributed by atoms with Gasteiger partial charge in [-0.05, 0) is 0 Å². The quantitative estimate of drug-likeness (QED) is 0.411. The van der Waals surface area contributed by atoms with Gasteiger partial charge in [0, 0.05) is 26.2 Å². The molecule has 10 heavy (non-hydrogen) atoms. The van der Waals surface area contributed by atoms with E-state index in [9.17, 15) is 8.42 Å². The first-order chi connectivity index (χ1) is 4.79. The summed E-state index contributed by atoms with van der Waals surface area (Å²) < 4.78 is 20.3. The monoisotopic (exact) mass is 165 g/mol. The lowest BCUT2D eigenvalue weighted by Gasteiger charge is -2.24. The van der Waals surface area contributed by atoms with Gasteiger partial charge in [0.25, 0.3) is 0 Å². The van der Waals surface area contributed by atoms with Crippen molar-refractivity contribution >= 4 is 10.9 Å². The lowest BCUT2D eigenvalue weighted by atomic mass is 10.4. The molecule has 0 bridgehead atoms. The standard InChI is InChI=1S/C4H11N3O2S/c8-10(9)6-7-3-1-5-2-4-7/h5,10H,1-4H2,(H,6,8,9). The summed E-state index contributed by atoms with van der Waals surface area (Å²) in [6.45, 7) is 3.17. The van der Waals surface area contributed by atoms with E-state index in [4.69, 9.17) is 0 Å². The van der Waals surface area contributed by atoms with Crippen molar-refractivity contribution < 1.29 is 8.42 Å². The van der Waals surface area contributed by atoms with Crippen LogP contribution < -0.4 is 10.1 Å². The van der Waals surface area contributed by atoms with Gasteiger partial charge >= 0.3 is 0 Å². The van der Waals surface area contributed by atoms with Gasteiger partial charge in [-0.15, -0.1) is 0 Å². The van der Waals surface area contributed by atoms with E-state index in [-0.39, 0.29) is 0 Å². The molecule has 0 unspecified atom stereocenters. The Bertz CT molecular complexity index is 156. The first kappa shape index (κ1) is 7.93. The summed E-state index contributed by atoms with van der Waals surface area (Å²) in [5, 5.41) is 4.79. The molecule has 0 aromatic rings. The Labute approximate surface area is 61.5 Å². The summed E-state index contributed by atoms with van der Waals surface area (Å²) in [6, 6.07) is 0. The lowest BCUT2D eigenvalue weighted by molar-refractivity contribution is 0.214. The molecule has 0 aromatic carbocycles. The predicted octanol–water partition coefficient (Wildman–Crippen LogP) is -2.08. The Morgan fingerprint density at radius 2 is 1.90 bits per heavy atom. The molecular formula is C4H11N3O2S. The third-order valence-corrected chi connectivity index (χ3v) is 1.79. The maximum absolute atomic E-state index is 10.1. The van der Waals surface area contributed by atoms with E-state index in [1.807, 2.05) is 0 Å². The highest BCUT2D eigenvalue weighted by atomic mass is 32.2. The SMILES string of the molecule is O=[SH](=O)NN1CCNCC1. The van der Waals surface area contributed by atoms with Gasteiger partial charge in [0.2, 0.25) is 10.9 Å². The zero-order valence-corrected chi connectivity index (χ0v) is 6.43. The molecule has 0 aliphatic carbocycles. The molecule has 1 fully saturated rings. The van der Waals surface area contributed by atoms with E-state index in [1.165, 1.54) is 0 Å². The van der Waals surface area contributed by atoms with Crippen molar-refractivity contribution in [3.05, 3.63) is 0 Å². The van der Waals surface area contributed by atoms with Crippen LogP contribution in [0.15, 0.2) is 0 Å². The molecule has 1 rings (SSSR count). The third-order valence-electron chi connectivity index (χ3n) is 1.34. The van der Waals surface area contributed by atoms with Crippen molar-refractivity contribution in [1.82, 2.24) is 15.2 Å². The minimum absolute atomic E-state index is 0.739. The number of hydrogen-bond donors (Lipinski definition) is 3. The number of hydrogen-bond acceptors (Lipinski definition) is 4. The average molecular weight is 165 g/mol. The minimum atomic E-state index is -2.48. The van der Waals surface area contributed by atoms with Gasteiger partial charge < -0.3 is 5.32 Å². The maximum atomic E-state index is 10.1. The van der Waals surface area contributed by atoms with Crippen LogP contribution in [-0.2, 0) is 10.9 Å². The van der Waals surface area contributed by atoms with Crippen molar-refractivity contribution in [1.29, 1.82) is 0 Å². The van der Waals surface area contributed by atoms with Gasteiger partial charge in [-0.3, -0.25) is 0 Å². The van der Waals surface area contributed by atoms with Crippen molar-refractivity contribution in [2.45, 2.75) is 0 Å².